The normalized spacial score (nSPS) is 22.3. The van der Waals surface area contributed by atoms with Gasteiger partial charge in [-0.3, -0.25) is 23.5 Å². The molecule has 2 aromatic rings. The van der Waals surface area contributed by atoms with E-state index in [0.717, 1.165) is 0 Å². The number of aromatic nitrogens is 4. The van der Waals surface area contributed by atoms with Crippen LogP contribution in [0.4, 0.5) is 5.95 Å². The van der Waals surface area contributed by atoms with Crippen molar-refractivity contribution in [1.29, 1.82) is 0 Å². The van der Waals surface area contributed by atoms with Gasteiger partial charge in [0.2, 0.25) is 22.6 Å². The molecule has 0 amide bonds. The number of hydrogen-bond acceptors (Lipinski definition) is 9. The van der Waals surface area contributed by atoms with Crippen molar-refractivity contribution in [3.8, 4) is 0 Å². The zero-order chi connectivity index (χ0) is 26.4. The van der Waals surface area contributed by atoms with Crippen molar-refractivity contribution < 1.29 is 23.7 Å². The van der Waals surface area contributed by atoms with Crippen LogP contribution in [0.25, 0.3) is 11.2 Å². The van der Waals surface area contributed by atoms with Crippen LogP contribution in [0.5, 0.6) is 0 Å². The van der Waals surface area contributed by atoms with Gasteiger partial charge in [0.05, 0.1) is 6.33 Å². The molecular formula is C22H41N5O6Si2. The minimum Gasteiger partial charge on any atom is -0.369 e. The second-order valence-corrected chi connectivity index (χ2v) is 21.6. The van der Waals surface area contributed by atoms with Gasteiger partial charge < -0.3 is 10.5 Å². The first-order valence-electron chi connectivity index (χ1n) is 12.0. The number of H-pyrrole nitrogens is 1. The van der Waals surface area contributed by atoms with E-state index < -0.39 is 40.6 Å². The molecule has 3 heterocycles. The summed E-state index contributed by atoms with van der Waals surface area (Å²) in [6.45, 7) is 21.5. The lowest BCUT2D eigenvalue weighted by atomic mass is 10.2. The maximum absolute atomic E-state index is 12.2. The van der Waals surface area contributed by atoms with E-state index in [4.69, 9.17) is 29.4 Å². The van der Waals surface area contributed by atoms with Crippen molar-refractivity contribution in [3.63, 3.8) is 0 Å². The van der Waals surface area contributed by atoms with Crippen LogP contribution in [0, 0.1) is 0 Å². The molecule has 2 aromatic heterocycles. The van der Waals surface area contributed by atoms with Crippen LogP contribution < -0.4 is 11.3 Å². The number of ether oxygens (including phenoxy) is 1. The SMILES string of the molecule is CC(C)(C)[Si](C)(C)OOC[C@H]1O[C@@H](n2cnc3c(=O)[nH]c(N)nc32)C[C@@H]1OO[Si](C)(C)C(C)(C)C. The maximum Gasteiger partial charge on any atom is 0.280 e. The highest BCUT2D eigenvalue weighted by Crippen LogP contribution is 2.40. The van der Waals surface area contributed by atoms with Crippen LogP contribution in [-0.4, -0.2) is 55.0 Å². The number of nitrogen functional groups attached to an aromatic ring is 1. The van der Waals surface area contributed by atoms with E-state index >= 15 is 0 Å². The second-order valence-electron chi connectivity index (χ2n) is 12.2. The number of nitrogens with one attached hydrogen (secondary N) is 1. The van der Waals surface area contributed by atoms with E-state index in [0.29, 0.717) is 12.1 Å². The maximum atomic E-state index is 12.2. The third-order valence-corrected chi connectivity index (χ3v) is 15.7. The molecule has 13 heteroatoms. The Hall–Kier alpha value is -1.62. The number of aromatic amines is 1. The molecule has 1 aliphatic rings. The van der Waals surface area contributed by atoms with E-state index in [1.54, 1.807) is 4.57 Å². The van der Waals surface area contributed by atoms with Gasteiger partial charge in [-0.05, 0) is 36.3 Å². The molecule has 198 valence electrons. The van der Waals surface area contributed by atoms with Gasteiger partial charge in [-0.25, -0.2) is 14.8 Å². The van der Waals surface area contributed by atoms with Gasteiger partial charge in [0.25, 0.3) is 5.56 Å². The molecule has 0 bridgehead atoms. The number of nitrogens with two attached hydrogens (primary N) is 1. The van der Waals surface area contributed by atoms with E-state index in [-0.39, 0.29) is 28.1 Å². The summed E-state index contributed by atoms with van der Waals surface area (Å²) in [5, 5.41) is -0.0197. The van der Waals surface area contributed by atoms with Crippen LogP contribution in [0.3, 0.4) is 0 Å². The Morgan fingerprint density at radius 3 is 2.31 bits per heavy atom. The molecule has 3 N–H and O–H groups in total. The highest BCUT2D eigenvalue weighted by atomic mass is 28.4. The topological polar surface area (TPSA) is 136 Å². The van der Waals surface area contributed by atoms with Crippen LogP contribution in [0.15, 0.2) is 11.1 Å². The Morgan fingerprint density at radius 1 is 1.11 bits per heavy atom. The average molecular weight is 528 g/mol. The molecular weight excluding hydrogens is 486 g/mol. The molecule has 3 atom stereocenters. The quantitative estimate of drug-likeness (QED) is 0.293. The molecule has 0 saturated carbocycles. The van der Waals surface area contributed by atoms with Crippen LogP contribution in [-0.2, 0) is 23.7 Å². The van der Waals surface area contributed by atoms with Gasteiger partial charge in [0.15, 0.2) is 11.2 Å². The van der Waals surface area contributed by atoms with Gasteiger partial charge in [0.1, 0.15) is 25.0 Å². The average Bonchev–Trinajstić information content (AvgIpc) is 3.28. The van der Waals surface area contributed by atoms with Crippen molar-refractivity contribution in [2.24, 2.45) is 0 Å². The zero-order valence-corrected chi connectivity index (χ0v) is 24.6. The Labute approximate surface area is 208 Å². The molecule has 0 radical (unpaired) electrons. The Balaban J connectivity index is 1.80. The molecule has 1 fully saturated rings. The number of nitrogens with zero attached hydrogens (tertiary/aromatic N) is 3. The van der Waals surface area contributed by atoms with E-state index in [9.17, 15) is 4.79 Å². The number of rotatable bonds is 8. The summed E-state index contributed by atoms with van der Waals surface area (Å²) in [5.74, 6) is 0.0129. The predicted molar refractivity (Wildman–Crippen MR) is 138 cm³/mol. The second kappa shape index (κ2) is 9.69. The highest BCUT2D eigenvalue weighted by molar-refractivity contribution is 6.74. The lowest BCUT2D eigenvalue weighted by Crippen LogP contribution is -2.44. The van der Waals surface area contributed by atoms with Crippen molar-refractivity contribution >= 4 is 33.7 Å². The summed E-state index contributed by atoms with van der Waals surface area (Å²) in [7, 11) is -4.28. The third kappa shape index (κ3) is 6.03. The Kier molecular flexibility index (Phi) is 7.74. The highest BCUT2D eigenvalue weighted by Gasteiger charge is 2.45. The van der Waals surface area contributed by atoms with E-state index in [2.05, 4.69) is 82.7 Å². The molecule has 3 rings (SSSR count). The van der Waals surface area contributed by atoms with Gasteiger partial charge in [-0.2, -0.15) is 4.98 Å². The van der Waals surface area contributed by atoms with Crippen LogP contribution in [0.2, 0.25) is 36.3 Å². The van der Waals surface area contributed by atoms with Crippen molar-refractivity contribution in [2.45, 2.75) is 103 Å². The van der Waals surface area contributed by atoms with Crippen LogP contribution in [0.1, 0.15) is 54.2 Å². The van der Waals surface area contributed by atoms with Crippen molar-refractivity contribution in [2.75, 3.05) is 12.3 Å². The van der Waals surface area contributed by atoms with Gasteiger partial charge in [-0.1, -0.05) is 41.5 Å². The first kappa shape index (κ1) is 28.0. The lowest BCUT2D eigenvalue weighted by Gasteiger charge is -2.36. The molecule has 0 spiro atoms. The zero-order valence-electron chi connectivity index (χ0n) is 22.6. The lowest BCUT2D eigenvalue weighted by molar-refractivity contribution is -0.290. The van der Waals surface area contributed by atoms with Crippen molar-refractivity contribution in [3.05, 3.63) is 16.7 Å². The van der Waals surface area contributed by atoms with E-state index in [1.165, 1.54) is 6.33 Å². The fourth-order valence-corrected chi connectivity index (χ4v) is 4.18. The molecule has 0 aliphatic carbocycles. The van der Waals surface area contributed by atoms with Crippen LogP contribution >= 0.6 is 0 Å². The monoisotopic (exact) mass is 527 g/mol. The fraction of sp³-hybridized carbons (Fsp3) is 0.773. The van der Waals surface area contributed by atoms with E-state index in [1.807, 2.05) is 0 Å². The summed E-state index contributed by atoms with van der Waals surface area (Å²) in [5.41, 5.74) is 5.90. The first-order valence-corrected chi connectivity index (χ1v) is 17.8. The van der Waals surface area contributed by atoms with Gasteiger partial charge in [-0.15, -0.1) is 0 Å². The predicted octanol–water partition coefficient (Wildman–Crippen LogP) is 4.26. The first-order chi connectivity index (χ1) is 15.9. The minimum atomic E-state index is -2.17. The number of imidazole rings is 1. The number of fused-ring (bicyclic) bond motifs is 1. The standard InChI is InChI=1S/C22H41N5O6Si2/c1-21(2,3)34(7,8)32-29-12-15-14(31-33-35(9,10)22(4,5)6)11-16(30-15)27-13-24-17-18(27)25-20(23)26-19(17)28/h13-16H,11-12H2,1-10H3,(H3,23,25,26,28)/t14-,15+,16+/m0/s1. The number of anilines is 1. The summed E-state index contributed by atoms with van der Waals surface area (Å²) in [4.78, 5) is 34.9. The smallest absolute Gasteiger partial charge is 0.280 e. The summed E-state index contributed by atoms with van der Waals surface area (Å²) in [6.07, 6.45) is 0.587. The largest absolute Gasteiger partial charge is 0.369 e. The molecule has 1 aliphatic heterocycles. The summed E-state index contributed by atoms with van der Waals surface area (Å²) >= 11 is 0. The summed E-state index contributed by atoms with van der Waals surface area (Å²) in [6, 6.07) is 0. The molecule has 0 aromatic carbocycles. The molecule has 11 nitrogen and oxygen atoms in total. The molecule has 1 saturated heterocycles. The Bertz CT molecular complexity index is 1090. The number of hydrogen-bond donors (Lipinski definition) is 2. The van der Waals surface area contributed by atoms with Crippen molar-refractivity contribution in [1.82, 2.24) is 19.5 Å². The Morgan fingerprint density at radius 2 is 1.71 bits per heavy atom. The fourth-order valence-electron chi connectivity index (χ4n) is 2.96. The van der Waals surface area contributed by atoms with Gasteiger partial charge >= 0.3 is 0 Å². The minimum absolute atomic E-state index is 0.00178. The molecule has 35 heavy (non-hydrogen) atoms. The third-order valence-electron chi connectivity index (χ3n) is 7.43. The molecule has 0 unspecified atom stereocenters. The van der Waals surface area contributed by atoms with Gasteiger partial charge in [0, 0.05) is 6.42 Å². The summed E-state index contributed by atoms with van der Waals surface area (Å²) < 4.78 is 20.0.